The van der Waals surface area contributed by atoms with Gasteiger partial charge in [0.05, 0.1) is 12.1 Å². The van der Waals surface area contributed by atoms with Crippen LogP contribution in [0.25, 0.3) is 5.78 Å². The summed E-state index contributed by atoms with van der Waals surface area (Å²) in [6.07, 6.45) is 0.192. The van der Waals surface area contributed by atoms with Gasteiger partial charge in [0, 0.05) is 24.0 Å². The molecule has 2 heterocycles. The molecule has 8 nitrogen and oxygen atoms in total. The fourth-order valence-corrected chi connectivity index (χ4v) is 2.58. The second-order valence-electron chi connectivity index (χ2n) is 5.55. The monoisotopic (exact) mass is 325 g/mol. The van der Waals surface area contributed by atoms with Crippen LogP contribution >= 0.6 is 0 Å². The number of nitrogens with two attached hydrogens (primary N) is 1. The first-order valence-electron chi connectivity index (χ1n) is 7.52. The molecule has 0 unspecified atom stereocenters. The molecule has 124 valence electrons. The van der Waals surface area contributed by atoms with Crippen molar-refractivity contribution in [2.45, 2.75) is 20.3 Å². The average Bonchev–Trinajstić information content (AvgIpc) is 2.92. The number of carbonyl (C=O) groups excluding carboxylic acids is 1. The van der Waals surface area contributed by atoms with E-state index in [4.69, 9.17) is 5.73 Å². The predicted octanol–water partition coefficient (Wildman–Crippen LogP) is 1.03. The summed E-state index contributed by atoms with van der Waals surface area (Å²) in [4.78, 5) is 20.8. The smallest absolute Gasteiger partial charge is 0.254 e. The van der Waals surface area contributed by atoms with Crippen molar-refractivity contribution in [3.8, 4) is 0 Å². The van der Waals surface area contributed by atoms with Crippen LogP contribution in [0.1, 0.15) is 17.0 Å². The van der Waals surface area contributed by atoms with Crippen LogP contribution in [0.5, 0.6) is 0 Å². The lowest BCUT2D eigenvalue weighted by atomic mass is 10.1. The van der Waals surface area contributed by atoms with Gasteiger partial charge in [0.25, 0.3) is 5.78 Å². The van der Waals surface area contributed by atoms with Crippen molar-refractivity contribution in [2.75, 3.05) is 17.8 Å². The number of rotatable bonds is 4. The number of carbonyl (C=O) groups is 1. The molecule has 0 aliphatic heterocycles. The molecule has 1 aromatic carbocycles. The number of anilines is 2. The first-order chi connectivity index (χ1) is 11.5. The van der Waals surface area contributed by atoms with E-state index in [-0.39, 0.29) is 18.3 Å². The first-order valence-corrected chi connectivity index (χ1v) is 7.52. The molecule has 8 heteroatoms. The van der Waals surface area contributed by atoms with E-state index in [9.17, 15) is 4.79 Å². The topological polar surface area (TPSA) is 101 Å². The van der Waals surface area contributed by atoms with Crippen LogP contribution in [-0.2, 0) is 11.2 Å². The molecule has 0 aliphatic rings. The Morgan fingerprint density at radius 3 is 2.67 bits per heavy atom. The summed E-state index contributed by atoms with van der Waals surface area (Å²) in [5.74, 6) is 0.463. The average molecular weight is 325 g/mol. The minimum Gasteiger partial charge on any atom is -0.366 e. The van der Waals surface area contributed by atoms with Crippen molar-refractivity contribution >= 4 is 23.3 Å². The van der Waals surface area contributed by atoms with Crippen LogP contribution in [0.4, 0.5) is 11.6 Å². The van der Waals surface area contributed by atoms with Gasteiger partial charge in [-0.2, -0.15) is 9.50 Å². The van der Waals surface area contributed by atoms with Gasteiger partial charge in [-0.05, 0) is 26.0 Å². The third-order valence-corrected chi connectivity index (χ3v) is 3.84. The number of nitrogens with one attached hydrogen (secondary N) is 1. The van der Waals surface area contributed by atoms with Crippen molar-refractivity contribution in [3.05, 3.63) is 47.3 Å². The third-order valence-electron chi connectivity index (χ3n) is 3.84. The highest BCUT2D eigenvalue weighted by Gasteiger charge is 2.16. The molecule has 0 fully saturated rings. The molecule has 0 atom stereocenters. The maximum absolute atomic E-state index is 12.4. The highest BCUT2D eigenvalue weighted by molar-refractivity contribution is 5.80. The standard InChI is InChI=1S/C16H19N7O/c1-10-13(11(2)23-16(18-10)19-15(17)21-23)9-14(24)20-22(3)12-7-5-4-6-8-12/h4-8H,9H2,1-3H3,(H2,17,21)(H,20,24). The van der Waals surface area contributed by atoms with Crippen LogP contribution < -0.4 is 16.2 Å². The molecule has 0 saturated carbocycles. The minimum atomic E-state index is -0.137. The Bertz CT molecular complexity index is 888. The zero-order valence-electron chi connectivity index (χ0n) is 13.8. The summed E-state index contributed by atoms with van der Waals surface area (Å²) in [7, 11) is 1.80. The number of nitrogen functional groups attached to an aromatic ring is 1. The Hall–Kier alpha value is -3.16. The zero-order valence-corrected chi connectivity index (χ0v) is 13.8. The van der Waals surface area contributed by atoms with E-state index in [0.717, 1.165) is 22.6 Å². The van der Waals surface area contributed by atoms with Crippen molar-refractivity contribution < 1.29 is 4.79 Å². The largest absolute Gasteiger partial charge is 0.366 e. The molecule has 0 aliphatic carbocycles. The molecule has 0 spiro atoms. The van der Waals surface area contributed by atoms with Crippen LogP contribution in [0.15, 0.2) is 30.3 Å². The number of aryl methyl sites for hydroxylation is 2. The van der Waals surface area contributed by atoms with E-state index < -0.39 is 0 Å². The summed E-state index contributed by atoms with van der Waals surface area (Å²) in [5.41, 5.74) is 11.7. The SMILES string of the molecule is Cc1nc2nc(N)nn2c(C)c1CC(=O)NN(C)c1ccccc1. The number of amides is 1. The van der Waals surface area contributed by atoms with Crippen LogP contribution in [0.3, 0.4) is 0 Å². The lowest BCUT2D eigenvalue weighted by Crippen LogP contribution is -2.40. The number of nitrogens with zero attached hydrogens (tertiary/aromatic N) is 5. The maximum Gasteiger partial charge on any atom is 0.254 e. The summed E-state index contributed by atoms with van der Waals surface area (Å²) >= 11 is 0. The molecule has 3 N–H and O–H groups in total. The van der Waals surface area contributed by atoms with Crippen LogP contribution in [-0.4, -0.2) is 32.5 Å². The highest BCUT2D eigenvalue weighted by atomic mass is 16.2. The lowest BCUT2D eigenvalue weighted by Gasteiger charge is -2.20. The van der Waals surface area contributed by atoms with E-state index in [2.05, 4.69) is 20.5 Å². The Labute approximate surface area is 139 Å². The van der Waals surface area contributed by atoms with Crippen LogP contribution in [0, 0.1) is 13.8 Å². The number of benzene rings is 1. The van der Waals surface area contributed by atoms with Crippen molar-refractivity contribution in [3.63, 3.8) is 0 Å². The van der Waals surface area contributed by atoms with Crippen molar-refractivity contribution in [1.82, 2.24) is 25.0 Å². The van der Waals surface area contributed by atoms with Gasteiger partial charge in [0.15, 0.2) is 0 Å². The quantitative estimate of drug-likeness (QED) is 0.695. The summed E-state index contributed by atoms with van der Waals surface area (Å²) in [6.45, 7) is 3.72. The normalized spacial score (nSPS) is 10.8. The van der Waals surface area contributed by atoms with Crippen molar-refractivity contribution in [2.24, 2.45) is 0 Å². The van der Waals surface area contributed by atoms with Gasteiger partial charge in [0.1, 0.15) is 0 Å². The van der Waals surface area contributed by atoms with Gasteiger partial charge in [0.2, 0.25) is 11.9 Å². The number of aromatic nitrogens is 4. The lowest BCUT2D eigenvalue weighted by molar-refractivity contribution is -0.120. The second kappa shape index (κ2) is 6.15. The molecule has 24 heavy (non-hydrogen) atoms. The number of fused-ring (bicyclic) bond motifs is 1. The van der Waals surface area contributed by atoms with E-state index >= 15 is 0 Å². The molecule has 3 aromatic rings. The first kappa shape index (κ1) is 15.7. The Balaban J connectivity index is 1.80. The fourth-order valence-electron chi connectivity index (χ4n) is 2.58. The number of hydrazine groups is 1. The van der Waals surface area contributed by atoms with Gasteiger partial charge in [-0.15, -0.1) is 5.10 Å². The molecule has 2 aromatic heterocycles. The fraction of sp³-hybridized carbons (Fsp3) is 0.250. The van der Waals surface area contributed by atoms with E-state index in [1.54, 1.807) is 16.6 Å². The molecule has 0 saturated heterocycles. The Morgan fingerprint density at radius 1 is 1.25 bits per heavy atom. The summed E-state index contributed by atoms with van der Waals surface area (Å²) in [6, 6.07) is 9.60. The van der Waals surface area contributed by atoms with Crippen molar-refractivity contribution in [1.29, 1.82) is 0 Å². The molecular weight excluding hydrogens is 306 g/mol. The van der Waals surface area contributed by atoms with Gasteiger partial charge in [-0.25, -0.2) is 4.98 Å². The van der Waals surface area contributed by atoms with Gasteiger partial charge in [-0.3, -0.25) is 15.2 Å². The molecule has 3 rings (SSSR count). The third kappa shape index (κ3) is 2.98. The summed E-state index contributed by atoms with van der Waals surface area (Å²) in [5, 5.41) is 5.80. The Kier molecular flexibility index (Phi) is 4.03. The zero-order chi connectivity index (χ0) is 17.3. The van der Waals surface area contributed by atoms with Gasteiger partial charge in [-0.1, -0.05) is 18.2 Å². The minimum absolute atomic E-state index is 0.137. The summed E-state index contributed by atoms with van der Waals surface area (Å²) < 4.78 is 1.56. The van der Waals surface area contributed by atoms with E-state index in [1.165, 1.54) is 0 Å². The van der Waals surface area contributed by atoms with Gasteiger partial charge < -0.3 is 5.73 Å². The predicted molar refractivity (Wildman–Crippen MR) is 91.4 cm³/mol. The number of hydrogen-bond acceptors (Lipinski definition) is 6. The molecular formula is C16H19N7O. The number of hydrogen-bond donors (Lipinski definition) is 2. The second-order valence-corrected chi connectivity index (χ2v) is 5.55. The van der Waals surface area contributed by atoms with Gasteiger partial charge >= 0.3 is 0 Å². The van der Waals surface area contributed by atoms with Crippen LogP contribution in [0.2, 0.25) is 0 Å². The molecule has 0 bridgehead atoms. The van der Waals surface area contributed by atoms with E-state index in [0.29, 0.717) is 5.78 Å². The molecule has 0 radical (unpaired) electrons. The molecule has 1 amide bonds. The highest BCUT2D eigenvalue weighted by Crippen LogP contribution is 2.15. The maximum atomic E-state index is 12.4. The van der Waals surface area contributed by atoms with E-state index in [1.807, 2.05) is 44.2 Å². The number of para-hydroxylation sites is 1. The Morgan fingerprint density at radius 2 is 1.96 bits per heavy atom.